The number of rotatable bonds is 4. The summed E-state index contributed by atoms with van der Waals surface area (Å²) in [5.74, 6) is 1.70. The van der Waals surface area contributed by atoms with Crippen molar-refractivity contribution in [3.05, 3.63) is 42.6 Å². The number of likely N-dealkylation sites (tertiary alicyclic amines) is 1. The minimum absolute atomic E-state index is 0.0287. The molecule has 2 aliphatic heterocycles. The Kier molecular flexibility index (Phi) is 3.56. The number of furan rings is 1. The maximum atomic E-state index is 6.15. The average Bonchev–Trinajstić information content (AvgIpc) is 3.25. The predicted octanol–water partition coefficient (Wildman–Crippen LogP) is 1.92. The maximum Gasteiger partial charge on any atom is 0.222 e. The summed E-state index contributed by atoms with van der Waals surface area (Å²) in [7, 11) is 0. The van der Waals surface area contributed by atoms with Crippen molar-refractivity contribution < 1.29 is 9.15 Å². The number of nitrogens with zero attached hydrogens (tertiary/aromatic N) is 3. The van der Waals surface area contributed by atoms with Crippen molar-refractivity contribution in [3.8, 4) is 0 Å². The van der Waals surface area contributed by atoms with Gasteiger partial charge in [-0.25, -0.2) is 9.97 Å². The molecule has 0 unspecified atom stereocenters. The van der Waals surface area contributed by atoms with Crippen molar-refractivity contribution in [2.24, 2.45) is 0 Å². The number of nitrogens with one attached hydrogen (secondary N) is 1. The van der Waals surface area contributed by atoms with Gasteiger partial charge in [0.05, 0.1) is 31.1 Å². The molecule has 2 saturated heterocycles. The van der Waals surface area contributed by atoms with Gasteiger partial charge in [-0.15, -0.1) is 0 Å². The van der Waals surface area contributed by atoms with Crippen LogP contribution in [0.1, 0.15) is 18.6 Å². The van der Waals surface area contributed by atoms with Gasteiger partial charge in [-0.3, -0.25) is 4.90 Å². The molecule has 4 rings (SSSR count). The smallest absolute Gasteiger partial charge is 0.222 e. The van der Waals surface area contributed by atoms with Crippen molar-refractivity contribution in [2.45, 2.75) is 31.0 Å². The summed E-state index contributed by atoms with van der Waals surface area (Å²) in [5.41, 5.74) is -0.0287. The van der Waals surface area contributed by atoms with E-state index in [1.54, 1.807) is 18.7 Å². The highest BCUT2D eigenvalue weighted by Crippen LogP contribution is 2.36. The van der Waals surface area contributed by atoms with Gasteiger partial charge in [0.15, 0.2) is 0 Å². The van der Waals surface area contributed by atoms with E-state index in [-0.39, 0.29) is 11.6 Å². The summed E-state index contributed by atoms with van der Waals surface area (Å²) in [6, 6.07) is 6.07. The van der Waals surface area contributed by atoms with E-state index in [0.717, 1.165) is 38.2 Å². The highest BCUT2D eigenvalue weighted by molar-refractivity contribution is 5.25. The second kappa shape index (κ2) is 5.70. The van der Waals surface area contributed by atoms with Gasteiger partial charge in [0, 0.05) is 31.9 Å². The molecular formula is C16H20N4O2. The van der Waals surface area contributed by atoms with E-state index in [0.29, 0.717) is 12.6 Å². The van der Waals surface area contributed by atoms with Crippen LogP contribution in [0.25, 0.3) is 0 Å². The number of aromatic nitrogens is 2. The van der Waals surface area contributed by atoms with Gasteiger partial charge in [-0.05, 0) is 24.6 Å². The van der Waals surface area contributed by atoms with Gasteiger partial charge in [0.1, 0.15) is 5.76 Å². The second-order valence-corrected chi connectivity index (χ2v) is 6.15. The standard InChI is InChI=1S/C16H20N4O2/c1-3-14(21-8-1)10-20-7-4-16(12-20)9-13(11-22-16)19-15-17-5-2-6-18-15/h1-3,5-6,8,13H,4,7,9-12H2,(H,17,18,19)/t13-,16-/m1/s1. The summed E-state index contributed by atoms with van der Waals surface area (Å²) in [5, 5.41) is 3.37. The van der Waals surface area contributed by atoms with Gasteiger partial charge in [0.2, 0.25) is 5.95 Å². The topological polar surface area (TPSA) is 63.4 Å². The van der Waals surface area contributed by atoms with Gasteiger partial charge >= 0.3 is 0 Å². The summed E-state index contributed by atoms with van der Waals surface area (Å²) in [6.45, 7) is 3.58. The molecule has 0 bridgehead atoms. The maximum absolute atomic E-state index is 6.15. The molecule has 6 nitrogen and oxygen atoms in total. The third-order valence-corrected chi connectivity index (χ3v) is 4.46. The van der Waals surface area contributed by atoms with E-state index >= 15 is 0 Å². The van der Waals surface area contributed by atoms with Crippen LogP contribution in [0.5, 0.6) is 0 Å². The molecule has 1 N–H and O–H groups in total. The van der Waals surface area contributed by atoms with Gasteiger partial charge in [0.25, 0.3) is 0 Å². The van der Waals surface area contributed by atoms with Crippen LogP contribution in [0.3, 0.4) is 0 Å². The molecule has 2 aromatic rings. The average molecular weight is 300 g/mol. The fourth-order valence-electron chi connectivity index (χ4n) is 3.46. The highest BCUT2D eigenvalue weighted by atomic mass is 16.5. The molecule has 0 amide bonds. The number of hydrogen-bond donors (Lipinski definition) is 1. The fourth-order valence-corrected chi connectivity index (χ4v) is 3.46. The lowest BCUT2D eigenvalue weighted by Crippen LogP contribution is -2.33. The minimum atomic E-state index is -0.0287. The molecule has 0 saturated carbocycles. The Balaban J connectivity index is 1.34. The largest absolute Gasteiger partial charge is 0.468 e. The second-order valence-electron chi connectivity index (χ2n) is 6.15. The van der Waals surface area contributed by atoms with Crippen molar-refractivity contribution in [2.75, 3.05) is 25.0 Å². The molecule has 0 aromatic carbocycles. The molecule has 0 radical (unpaired) electrons. The zero-order valence-electron chi connectivity index (χ0n) is 12.4. The number of ether oxygens (including phenoxy) is 1. The van der Waals surface area contributed by atoms with Crippen LogP contribution in [-0.2, 0) is 11.3 Å². The highest BCUT2D eigenvalue weighted by Gasteiger charge is 2.45. The molecule has 1 spiro atoms. The lowest BCUT2D eigenvalue weighted by atomic mass is 9.97. The predicted molar refractivity (Wildman–Crippen MR) is 81.3 cm³/mol. The Bertz CT molecular complexity index is 604. The normalized spacial score (nSPS) is 28.5. The molecule has 6 heteroatoms. The number of anilines is 1. The molecule has 116 valence electrons. The van der Waals surface area contributed by atoms with Crippen LogP contribution >= 0.6 is 0 Å². The van der Waals surface area contributed by atoms with Gasteiger partial charge in [-0.1, -0.05) is 0 Å². The molecule has 2 aromatic heterocycles. The van der Waals surface area contributed by atoms with Crippen LogP contribution in [-0.4, -0.2) is 46.2 Å². The lowest BCUT2D eigenvalue weighted by Gasteiger charge is -2.23. The van der Waals surface area contributed by atoms with E-state index in [1.165, 1.54) is 0 Å². The van der Waals surface area contributed by atoms with E-state index in [2.05, 4.69) is 20.2 Å². The van der Waals surface area contributed by atoms with E-state index < -0.39 is 0 Å². The minimum Gasteiger partial charge on any atom is -0.468 e. The molecule has 22 heavy (non-hydrogen) atoms. The Hall–Kier alpha value is -1.92. The first kappa shape index (κ1) is 13.7. The molecule has 2 aliphatic rings. The Labute approximate surface area is 129 Å². The summed E-state index contributed by atoms with van der Waals surface area (Å²) in [4.78, 5) is 10.8. The van der Waals surface area contributed by atoms with Gasteiger partial charge < -0.3 is 14.5 Å². The van der Waals surface area contributed by atoms with Crippen molar-refractivity contribution in [3.63, 3.8) is 0 Å². The lowest BCUT2D eigenvalue weighted by molar-refractivity contribution is 0.0115. The van der Waals surface area contributed by atoms with Crippen LogP contribution < -0.4 is 5.32 Å². The fraction of sp³-hybridized carbons (Fsp3) is 0.500. The first-order valence-corrected chi connectivity index (χ1v) is 7.74. The number of hydrogen-bond acceptors (Lipinski definition) is 6. The Morgan fingerprint density at radius 1 is 1.32 bits per heavy atom. The van der Waals surface area contributed by atoms with Crippen LogP contribution in [0.4, 0.5) is 5.95 Å². The molecule has 2 atom stereocenters. The molecular weight excluding hydrogens is 280 g/mol. The summed E-state index contributed by atoms with van der Waals surface area (Å²) < 4.78 is 11.6. The Morgan fingerprint density at radius 2 is 2.23 bits per heavy atom. The third-order valence-electron chi connectivity index (χ3n) is 4.46. The van der Waals surface area contributed by atoms with Crippen molar-refractivity contribution in [1.29, 1.82) is 0 Å². The first-order valence-electron chi connectivity index (χ1n) is 7.74. The third kappa shape index (κ3) is 2.84. The SMILES string of the molecule is c1cnc(N[C@H]2CO[C@]3(CCN(Cc4ccco4)C3)C2)nc1. The monoisotopic (exact) mass is 300 g/mol. The molecule has 0 aliphatic carbocycles. The first-order chi connectivity index (χ1) is 10.8. The summed E-state index contributed by atoms with van der Waals surface area (Å²) in [6.07, 6.45) is 7.30. The van der Waals surface area contributed by atoms with Crippen LogP contribution in [0.2, 0.25) is 0 Å². The molecule has 4 heterocycles. The zero-order valence-corrected chi connectivity index (χ0v) is 12.4. The van der Waals surface area contributed by atoms with Gasteiger partial charge in [-0.2, -0.15) is 0 Å². The Morgan fingerprint density at radius 3 is 3.05 bits per heavy atom. The van der Waals surface area contributed by atoms with Crippen molar-refractivity contribution in [1.82, 2.24) is 14.9 Å². The van der Waals surface area contributed by atoms with Crippen LogP contribution in [0, 0.1) is 0 Å². The zero-order chi connectivity index (χ0) is 14.8. The molecule has 2 fully saturated rings. The van der Waals surface area contributed by atoms with E-state index in [9.17, 15) is 0 Å². The summed E-state index contributed by atoms with van der Waals surface area (Å²) >= 11 is 0. The van der Waals surface area contributed by atoms with E-state index in [4.69, 9.17) is 9.15 Å². The van der Waals surface area contributed by atoms with E-state index in [1.807, 2.05) is 18.2 Å². The quantitative estimate of drug-likeness (QED) is 0.930. The van der Waals surface area contributed by atoms with Crippen molar-refractivity contribution >= 4 is 5.95 Å². The van der Waals surface area contributed by atoms with Crippen LogP contribution in [0.15, 0.2) is 41.3 Å².